The fourth-order valence-corrected chi connectivity index (χ4v) is 6.54. The predicted molar refractivity (Wildman–Crippen MR) is 210 cm³/mol. The predicted octanol–water partition coefficient (Wildman–Crippen LogP) is 10.8. The molecule has 51 heavy (non-hydrogen) atoms. The standard InChI is InChI=1S/C46H39BN2O2/c1-45(2)46(3,4)51-47(50-45)41-29-39(38-26-36(32-17-9-5-10-18-32)25-37(27-38)33-19-11-6-12-20-33)28-40(30-41)44-48-42(34-21-13-7-14-22-34)31-43(49-44)35-23-15-8-16-24-35/h5-31H,1-4H3. The Bertz CT molecular complexity index is 2030. The quantitative estimate of drug-likeness (QED) is 0.159. The molecule has 0 aliphatic carbocycles. The molecule has 6 aromatic carbocycles. The third kappa shape index (κ3) is 6.66. The minimum atomic E-state index is -0.564. The summed E-state index contributed by atoms with van der Waals surface area (Å²) in [5, 5.41) is 0. The molecule has 1 fully saturated rings. The molecule has 0 unspecified atom stereocenters. The van der Waals surface area contributed by atoms with Gasteiger partial charge in [-0.25, -0.2) is 9.97 Å². The Morgan fingerprint density at radius 1 is 0.373 bits per heavy atom. The molecule has 5 heteroatoms. The van der Waals surface area contributed by atoms with Crippen molar-refractivity contribution in [3.8, 4) is 67.3 Å². The SMILES string of the molecule is CC1(C)OB(c2cc(-c3cc(-c4ccccc4)cc(-c4ccccc4)c3)cc(-c3nc(-c4ccccc4)cc(-c4ccccc4)n3)c2)OC1(C)C. The molecular formula is C46H39BN2O2. The van der Waals surface area contributed by atoms with E-state index >= 15 is 0 Å². The van der Waals surface area contributed by atoms with Crippen molar-refractivity contribution < 1.29 is 9.31 Å². The van der Waals surface area contributed by atoms with Crippen molar-refractivity contribution in [3.63, 3.8) is 0 Å². The summed E-state index contributed by atoms with van der Waals surface area (Å²) in [5.74, 6) is 0.636. The average molecular weight is 663 g/mol. The van der Waals surface area contributed by atoms with E-state index in [4.69, 9.17) is 19.3 Å². The van der Waals surface area contributed by atoms with E-state index in [2.05, 4.69) is 155 Å². The second kappa shape index (κ2) is 13.3. The van der Waals surface area contributed by atoms with Crippen LogP contribution in [0.15, 0.2) is 164 Å². The summed E-state index contributed by atoms with van der Waals surface area (Å²) in [7, 11) is -0.564. The van der Waals surface area contributed by atoms with Crippen LogP contribution in [0, 0.1) is 0 Å². The molecule has 0 spiro atoms. The lowest BCUT2D eigenvalue weighted by Gasteiger charge is -2.32. The van der Waals surface area contributed by atoms with Gasteiger partial charge in [-0.2, -0.15) is 0 Å². The van der Waals surface area contributed by atoms with E-state index in [0.29, 0.717) is 5.82 Å². The van der Waals surface area contributed by atoms with Crippen molar-refractivity contribution >= 4 is 12.6 Å². The molecule has 0 N–H and O–H groups in total. The van der Waals surface area contributed by atoms with Gasteiger partial charge >= 0.3 is 7.12 Å². The van der Waals surface area contributed by atoms with Gasteiger partial charge in [0.25, 0.3) is 0 Å². The molecule has 0 radical (unpaired) electrons. The molecule has 7 aromatic rings. The van der Waals surface area contributed by atoms with Gasteiger partial charge in [0.1, 0.15) is 0 Å². The Hall–Kier alpha value is -5.62. The van der Waals surface area contributed by atoms with Crippen LogP contribution in [0.5, 0.6) is 0 Å². The lowest BCUT2D eigenvalue weighted by molar-refractivity contribution is 0.00578. The molecule has 0 atom stereocenters. The first-order valence-corrected chi connectivity index (χ1v) is 17.5. The van der Waals surface area contributed by atoms with Crippen LogP contribution < -0.4 is 5.46 Å². The topological polar surface area (TPSA) is 44.2 Å². The van der Waals surface area contributed by atoms with Gasteiger partial charge in [0.15, 0.2) is 5.82 Å². The van der Waals surface area contributed by atoms with E-state index in [-0.39, 0.29) is 0 Å². The fourth-order valence-electron chi connectivity index (χ4n) is 6.54. The highest BCUT2D eigenvalue weighted by Crippen LogP contribution is 2.39. The Kier molecular flexibility index (Phi) is 8.47. The van der Waals surface area contributed by atoms with Crippen LogP contribution in [-0.4, -0.2) is 28.3 Å². The number of nitrogens with zero attached hydrogens (tertiary/aromatic N) is 2. The summed E-state index contributed by atoms with van der Waals surface area (Å²) in [4.78, 5) is 10.4. The average Bonchev–Trinajstić information content (AvgIpc) is 3.41. The van der Waals surface area contributed by atoms with Gasteiger partial charge < -0.3 is 9.31 Å². The first-order valence-electron chi connectivity index (χ1n) is 17.5. The lowest BCUT2D eigenvalue weighted by Crippen LogP contribution is -2.41. The molecule has 2 heterocycles. The van der Waals surface area contributed by atoms with E-state index in [0.717, 1.165) is 66.9 Å². The third-order valence-electron chi connectivity index (χ3n) is 10.1. The first kappa shape index (κ1) is 32.6. The number of hydrogen-bond acceptors (Lipinski definition) is 4. The highest BCUT2D eigenvalue weighted by Gasteiger charge is 2.51. The molecule has 8 rings (SSSR count). The van der Waals surface area contributed by atoms with Crippen LogP contribution in [0.4, 0.5) is 0 Å². The zero-order chi connectivity index (χ0) is 35.0. The smallest absolute Gasteiger partial charge is 0.399 e. The van der Waals surface area contributed by atoms with Crippen molar-refractivity contribution in [3.05, 3.63) is 164 Å². The second-order valence-corrected chi connectivity index (χ2v) is 14.2. The first-order chi connectivity index (χ1) is 24.7. The van der Waals surface area contributed by atoms with E-state index in [1.165, 1.54) is 0 Å². The summed E-state index contributed by atoms with van der Waals surface area (Å²) in [6.45, 7) is 8.36. The van der Waals surface area contributed by atoms with Gasteiger partial charge in [0, 0.05) is 16.7 Å². The Morgan fingerprint density at radius 3 is 1.14 bits per heavy atom. The molecule has 0 saturated carbocycles. The zero-order valence-electron chi connectivity index (χ0n) is 29.4. The number of aromatic nitrogens is 2. The monoisotopic (exact) mass is 662 g/mol. The summed E-state index contributed by atoms with van der Waals surface area (Å²) >= 11 is 0. The van der Waals surface area contributed by atoms with Crippen LogP contribution in [0.3, 0.4) is 0 Å². The summed E-state index contributed by atoms with van der Waals surface area (Å²) < 4.78 is 13.3. The van der Waals surface area contributed by atoms with Gasteiger partial charge in [-0.3, -0.25) is 0 Å². The second-order valence-electron chi connectivity index (χ2n) is 14.2. The molecule has 1 aliphatic rings. The largest absolute Gasteiger partial charge is 0.494 e. The summed E-state index contributed by atoms with van der Waals surface area (Å²) in [5.41, 5.74) is 11.3. The maximum absolute atomic E-state index is 6.64. The number of benzene rings is 6. The minimum absolute atomic E-state index is 0.494. The molecule has 248 valence electrons. The fraction of sp³-hybridized carbons (Fsp3) is 0.130. The summed E-state index contributed by atoms with van der Waals surface area (Å²) in [6, 6.07) is 57.1. The lowest BCUT2D eigenvalue weighted by atomic mass is 9.76. The Morgan fingerprint density at radius 2 is 0.706 bits per heavy atom. The van der Waals surface area contributed by atoms with Crippen molar-refractivity contribution in [2.24, 2.45) is 0 Å². The van der Waals surface area contributed by atoms with Gasteiger partial charge in [0.05, 0.1) is 22.6 Å². The van der Waals surface area contributed by atoms with Crippen molar-refractivity contribution in [2.45, 2.75) is 38.9 Å². The molecule has 0 bridgehead atoms. The highest BCUT2D eigenvalue weighted by atomic mass is 16.7. The molecule has 0 amide bonds. The minimum Gasteiger partial charge on any atom is -0.399 e. The van der Waals surface area contributed by atoms with Gasteiger partial charge in [-0.15, -0.1) is 0 Å². The third-order valence-corrected chi connectivity index (χ3v) is 10.1. The Labute approximate surface area is 301 Å². The van der Waals surface area contributed by atoms with Crippen LogP contribution in [0.1, 0.15) is 27.7 Å². The van der Waals surface area contributed by atoms with Crippen LogP contribution in [0.2, 0.25) is 0 Å². The molecule has 1 aliphatic heterocycles. The zero-order valence-corrected chi connectivity index (χ0v) is 29.4. The van der Waals surface area contributed by atoms with Gasteiger partial charge in [-0.1, -0.05) is 133 Å². The van der Waals surface area contributed by atoms with Crippen molar-refractivity contribution in [2.75, 3.05) is 0 Å². The van der Waals surface area contributed by atoms with Crippen molar-refractivity contribution in [1.29, 1.82) is 0 Å². The maximum atomic E-state index is 6.64. The van der Waals surface area contributed by atoms with Crippen LogP contribution in [-0.2, 0) is 9.31 Å². The Balaban J connectivity index is 1.35. The number of hydrogen-bond donors (Lipinski definition) is 0. The van der Waals surface area contributed by atoms with Gasteiger partial charge in [-0.05, 0) is 96.9 Å². The van der Waals surface area contributed by atoms with Crippen molar-refractivity contribution in [1.82, 2.24) is 9.97 Å². The number of rotatable bonds is 7. The van der Waals surface area contributed by atoms with Gasteiger partial charge in [0.2, 0.25) is 0 Å². The van der Waals surface area contributed by atoms with E-state index in [1.807, 2.05) is 36.4 Å². The molecule has 4 nitrogen and oxygen atoms in total. The normalized spacial score (nSPS) is 14.8. The molecule has 1 saturated heterocycles. The van der Waals surface area contributed by atoms with Crippen LogP contribution >= 0.6 is 0 Å². The maximum Gasteiger partial charge on any atom is 0.494 e. The van der Waals surface area contributed by atoms with E-state index < -0.39 is 18.3 Å². The summed E-state index contributed by atoms with van der Waals surface area (Å²) in [6.07, 6.45) is 0. The van der Waals surface area contributed by atoms with E-state index in [1.54, 1.807) is 0 Å². The molecule has 1 aromatic heterocycles. The molecular weight excluding hydrogens is 623 g/mol. The van der Waals surface area contributed by atoms with Crippen LogP contribution in [0.25, 0.3) is 67.3 Å². The van der Waals surface area contributed by atoms with E-state index in [9.17, 15) is 0 Å². The highest BCUT2D eigenvalue weighted by molar-refractivity contribution is 6.62.